The molecular formula is C10H22N2O4. The molecule has 16 heavy (non-hydrogen) atoms. The second-order valence-electron chi connectivity index (χ2n) is 3.41. The van der Waals surface area contributed by atoms with Gasteiger partial charge in [-0.2, -0.15) is 0 Å². The van der Waals surface area contributed by atoms with E-state index in [0.29, 0.717) is 19.8 Å². The first-order chi connectivity index (χ1) is 7.74. The van der Waals surface area contributed by atoms with Crippen molar-refractivity contribution in [3.63, 3.8) is 0 Å². The lowest BCUT2D eigenvalue weighted by molar-refractivity contribution is -0.120. The largest absolute Gasteiger partial charge is 0.395 e. The minimum absolute atomic E-state index is 0.0508. The first-order valence-electron chi connectivity index (χ1n) is 5.33. The molecule has 0 aromatic rings. The highest BCUT2D eigenvalue weighted by molar-refractivity contribution is 5.77. The van der Waals surface area contributed by atoms with E-state index in [9.17, 15) is 4.79 Å². The first-order valence-corrected chi connectivity index (χ1v) is 5.33. The molecular weight excluding hydrogens is 212 g/mol. The van der Waals surface area contributed by atoms with E-state index in [2.05, 4.69) is 10.6 Å². The smallest absolute Gasteiger partial charge is 0.233 e. The van der Waals surface area contributed by atoms with Crippen molar-refractivity contribution >= 4 is 5.91 Å². The Kier molecular flexibility index (Phi) is 10.3. The number of aliphatic hydroxyl groups is 1. The van der Waals surface area contributed by atoms with Crippen LogP contribution in [-0.4, -0.2) is 64.2 Å². The van der Waals surface area contributed by atoms with Gasteiger partial charge in [0.2, 0.25) is 5.91 Å². The summed E-state index contributed by atoms with van der Waals surface area (Å²) in [6, 6.07) is -0.199. The van der Waals surface area contributed by atoms with Crippen molar-refractivity contribution in [2.75, 3.05) is 47.1 Å². The van der Waals surface area contributed by atoms with Crippen molar-refractivity contribution in [3.05, 3.63) is 0 Å². The van der Waals surface area contributed by atoms with Crippen LogP contribution in [0.1, 0.15) is 6.42 Å². The van der Waals surface area contributed by atoms with Gasteiger partial charge in [-0.3, -0.25) is 4.79 Å². The molecule has 96 valence electrons. The van der Waals surface area contributed by atoms with Crippen molar-refractivity contribution in [1.82, 2.24) is 10.6 Å². The predicted molar refractivity (Wildman–Crippen MR) is 60.3 cm³/mol. The van der Waals surface area contributed by atoms with Gasteiger partial charge in [0.05, 0.1) is 25.8 Å². The van der Waals surface area contributed by atoms with E-state index in [1.165, 1.54) is 0 Å². The Bertz CT molecular complexity index is 178. The third-order valence-electron chi connectivity index (χ3n) is 1.99. The van der Waals surface area contributed by atoms with Crippen molar-refractivity contribution in [1.29, 1.82) is 0 Å². The van der Waals surface area contributed by atoms with Crippen LogP contribution < -0.4 is 10.6 Å². The maximum atomic E-state index is 11.3. The molecule has 0 saturated heterocycles. The summed E-state index contributed by atoms with van der Waals surface area (Å²) in [5, 5.41) is 14.6. The van der Waals surface area contributed by atoms with Gasteiger partial charge in [0.1, 0.15) is 0 Å². The molecule has 0 rings (SSSR count). The monoisotopic (exact) mass is 234 g/mol. The molecule has 0 aromatic carbocycles. The van der Waals surface area contributed by atoms with Crippen LogP contribution in [0.2, 0.25) is 0 Å². The molecule has 6 heteroatoms. The number of rotatable bonds is 10. The molecule has 0 fully saturated rings. The molecule has 0 bridgehead atoms. The molecule has 0 heterocycles. The number of hydrogen-bond donors (Lipinski definition) is 3. The number of methoxy groups -OCH3 is 2. The second kappa shape index (κ2) is 10.8. The van der Waals surface area contributed by atoms with Crippen LogP contribution in [-0.2, 0) is 14.3 Å². The number of nitrogens with one attached hydrogen (secondary N) is 2. The summed E-state index contributed by atoms with van der Waals surface area (Å²) in [6.07, 6.45) is 0.795. The van der Waals surface area contributed by atoms with Gasteiger partial charge in [-0.15, -0.1) is 0 Å². The average molecular weight is 234 g/mol. The fraction of sp³-hybridized carbons (Fsp3) is 0.900. The molecule has 1 atom stereocenters. The zero-order chi connectivity index (χ0) is 12.2. The molecule has 1 amide bonds. The number of aliphatic hydroxyl groups excluding tert-OH is 1. The van der Waals surface area contributed by atoms with Gasteiger partial charge in [-0.25, -0.2) is 0 Å². The summed E-state index contributed by atoms with van der Waals surface area (Å²) < 4.78 is 9.72. The lowest BCUT2D eigenvalue weighted by Gasteiger charge is -2.14. The molecule has 0 saturated carbocycles. The Morgan fingerprint density at radius 2 is 2.12 bits per heavy atom. The molecule has 1 unspecified atom stereocenters. The summed E-state index contributed by atoms with van der Waals surface area (Å²) in [6.45, 7) is 1.75. The Labute approximate surface area is 96.3 Å². The first kappa shape index (κ1) is 15.3. The van der Waals surface area contributed by atoms with Crippen molar-refractivity contribution < 1.29 is 19.4 Å². The predicted octanol–water partition coefficient (Wildman–Crippen LogP) is -1.26. The molecule has 0 radical (unpaired) electrons. The SMILES string of the molecule is COCCCNC(=O)CNC(CO)COC. The van der Waals surface area contributed by atoms with Crippen LogP contribution in [0.15, 0.2) is 0 Å². The van der Waals surface area contributed by atoms with E-state index >= 15 is 0 Å². The lowest BCUT2D eigenvalue weighted by atomic mass is 10.3. The standard InChI is InChI=1S/C10H22N2O4/c1-15-5-3-4-11-10(14)6-12-9(7-13)8-16-2/h9,12-13H,3-8H2,1-2H3,(H,11,14). The summed E-state index contributed by atoms with van der Waals surface area (Å²) >= 11 is 0. The van der Waals surface area contributed by atoms with Gasteiger partial charge in [-0.1, -0.05) is 0 Å². The average Bonchev–Trinajstić information content (AvgIpc) is 2.30. The third-order valence-corrected chi connectivity index (χ3v) is 1.99. The van der Waals surface area contributed by atoms with Crippen molar-refractivity contribution in [2.45, 2.75) is 12.5 Å². The van der Waals surface area contributed by atoms with Crippen LogP contribution in [0.25, 0.3) is 0 Å². The fourth-order valence-electron chi connectivity index (χ4n) is 1.12. The molecule has 3 N–H and O–H groups in total. The molecule has 0 aliphatic carbocycles. The number of carbonyl (C=O) groups is 1. The van der Waals surface area contributed by atoms with E-state index in [1.807, 2.05) is 0 Å². The third kappa shape index (κ3) is 8.60. The highest BCUT2D eigenvalue weighted by atomic mass is 16.5. The van der Waals surface area contributed by atoms with Gasteiger partial charge in [-0.05, 0) is 6.42 Å². The fourth-order valence-corrected chi connectivity index (χ4v) is 1.12. The highest BCUT2D eigenvalue weighted by Gasteiger charge is 2.08. The van der Waals surface area contributed by atoms with Crippen LogP contribution in [0.3, 0.4) is 0 Å². The van der Waals surface area contributed by atoms with Gasteiger partial charge >= 0.3 is 0 Å². The highest BCUT2D eigenvalue weighted by Crippen LogP contribution is 1.83. The van der Waals surface area contributed by atoms with Crippen molar-refractivity contribution in [2.24, 2.45) is 0 Å². The van der Waals surface area contributed by atoms with Crippen LogP contribution in [0, 0.1) is 0 Å². The Morgan fingerprint density at radius 3 is 2.69 bits per heavy atom. The van der Waals surface area contributed by atoms with Gasteiger partial charge in [0.25, 0.3) is 0 Å². The van der Waals surface area contributed by atoms with E-state index < -0.39 is 0 Å². The molecule has 6 nitrogen and oxygen atoms in total. The lowest BCUT2D eigenvalue weighted by Crippen LogP contribution is -2.43. The minimum Gasteiger partial charge on any atom is -0.395 e. The maximum Gasteiger partial charge on any atom is 0.233 e. The topological polar surface area (TPSA) is 79.8 Å². The Hall–Kier alpha value is -0.690. The van der Waals surface area contributed by atoms with Crippen LogP contribution in [0.4, 0.5) is 0 Å². The van der Waals surface area contributed by atoms with Gasteiger partial charge < -0.3 is 25.2 Å². The summed E-state index contributed by atoms with van der Waals surface area (Å²) in [4.78, 5) is 11.3. The zero-order valence-corrected chi connectivity index (χ0v) is 9.99. The van der Waals surface area contributed by atoms with Crippen LogP contribution >= 0.6 is 0 Å². The number of hydrogen-bond acceptors (Lipinski definition) is 5. The normalized spacial score (nSPS) is 12.4. The summed E-state index contributed by atoms with van der Waals surface area (Å²) in [7, 11) is 3.18. The van der Waals surface area contributed by atoms with E-state index in [1.54, 1.807) is 14.2 Å². The number of amides is 1. The van der Waals surface area contributed by atoms with Crippen LogP contribution in [0.5, 0.6) is 0 Å². The number of carbonyl (C=O) groups excluding carboxylic acids is 1. The number of ether oxygens (including phenoxy) is 2. The zero-order valence-electron chi connectivity index (χ0n) is 9.99. The Morgan fingerprint density at radius 1 is 1.38 bits per heavy atom. The maximum absolute atomic E-state index is 11.3. The van der Waals surface area contributed by atoms with E-state index in [-0.39, 0.29) is 25.1 Å². The molecule has 0 aliphatic heterocycles. The minimum atomic E-state index is -0.199. The second-order valence-corrected chi connectivity index (χ2v) is 3.41. The summed E-state index contributed by atoms with van der Waals surface area (Å²) in [5.74, 6) is -0.0920. The molecule has 0 aromatic heterocycles. The van der Waals surface area contributed by atoms with Crippen molar-refractivity contribution in [3.8, 4) is 0 Å². The molecule has 0 aliphatic rings. The Balaban J connectivity index is 3.47. The van der Waals surface area contributed by atoms with E-state index in [4.69, 9.17) is 14.6 Å². The quantitative estimate of drug-likeness (QED) is 0.411. The summed E-state index contributed by atoms with van der Waals surface area (Å²) in [5.41, 5.74) is 0. The molecule has 0 spiro atoms. The van der Waals surface area contributed by atoms with E-state index in [0.717, 1.165) is 6.42 Å². The van der Waals surface area contributed by atoms with Gasteiger partial charge in [0, 0.05) is 27.4 Å². The van der Waals surface area contributed by atoms with Gasteiger partial charge in [0.15, 0.2) is 0 Å².